The minimum atomic E-state index is -0.567. The van der Waals surface area contributed by atoms with Gasteiger partial charge in [0.05, 0.1) is 0 Å². The lowest BCUT2D eigenvalue weighted by Crippen LogP contribution is -2.50. The summed E-state index contributed by atoms with van der Waals surface area (Å²) in [6.45, 7) is 8.76. The number of hydrogen-bond acceptors (Lipinski definition) is 7. The van der Waals surface area contributed by atoms with Crippen LogP contribution in [-0.2, 0) is 33.5 Å². The first kappa shape index (κ1) is 31.0. The molecule has 0 radical (unpaired) electrons. The molecule has 10 atom stereocenters. The summed E-state index contributed by atoms with van der Waals surface area (Å²) in [7, 11) is 0. The zero-order valence-electron chi connectivity index (χ0n) is 26.0. The summed E-state index contributed by atoms with van der Waals surface area (Å²) < 4.78 is 5.95. The predicted octanol–water partition coefficient (Wildman–Crippen LogP) is 5.81. The van der Waals surface area contributed by atoms with Crippen molar-refractivity contribution in [2.45, 2.75) is 118 Å². The van der Waals surface area contributed by atoms with E-state index in [0.717, 1.165) is 38.5 Å². The van der Waals surface area contributed by atoms with E-state index in [9.17, 15) is 28.8 Å². The molecule has 0 aromatic carbocycles. The first-order valence-corrected chi connectivity index (χ1v) is 16.2. The molecule has 10 unspecified atom stereocenters. The number of allylic oxidation sites excluding steroid dienone is 2. The van der Waals surface area contributed by atoms with Crippen molar-refractivity contribution in [2.75, 3.05) is 0 Å². The number of ketones is 5. The van der Waals surface area contributed by atoms with Crippen LogP contribution in [0, 0.1) is 51.8 Å². The molecule has 7 heteroatoms. The van der Waals surface area contributed by atoms with Gasteiger partial charge in [0.2, 0.25) is 11.6 Å². The number of carbonyl (C=O) groups excluding carboxylic acids is 6. The maximum Gasteiger partial charge on any atom is 0.302 e. The van der Waals surface area contributed by atoms with Crippen LogP contribution < -0.4 is 0 Å². The minimum Gasteiger partial charge on any atom is -0.462 e. The zero-order chi connectivity index (χ0) is 30.6. The Bertz CT molecular complexity index is 1220. The van der Waals surface area contributed by atoms with Crippen LogP contribution in [0.2, 0.25) is 0 Å². The monoisotopic (exact) mass is 580 g/mol. The molecule has 4 fully saturated rings. The maximum atomic E-state index is 13.7. The molecule has 5 rings (SSSR count). The largest absolute Gasteiger partial charge is 0.462 e. The van der Waals surface area contributed by atoms with E-state index in [2.05, 4.69) is 13.0 Å². The highest BCUT2D eigenvalue weighted by atomic mass is 16.5. The van der Waals surface area contributed by atoms with E-state index in [1.165, 1.54) is 13.8 Å². The molecule has 5 aliphatic carbocycles. The Morgan fingerprint density at radius 1 is 0.976 bits per heavy atom. The molecular weight excluding hydrogens is 532 g/mol. The van der Waals surface area contributed by atoms with Crippen LogP contribution in [0.1, 0.15) is 112 Å². The van der Waals surface area contributed by atoms with Crippen molar-refractivity contribution in [2.24, 2.45) is 51.8 Å². The lowest BCUT2D eigenvalue weighted by atomic mass is 9.49. The number of rotatable bonds is 12. The molecule has 230 valence electrons. The van der Waals surface area contributed by atoms with Gasteiger partial charge in [-0.2, -0.15) is 0 Å². The topological polar surface area (TPSA) is 112 Å². The highest BCUT2D eigenvalue weighted by molar-refractivity contribution is 6.38. The van der Waals surface area contributed by atoms with Crippen LogP contribution in [0.5, 0.6) is 0 Å². The molecule has 0 aliphatic heterocycles. The number of carbonyl (C=O) groups is 6. The van der Waals surface area contributed by atoms with Crippen LogP contribution in [-0.4, -0.2) is 41.0 Å². The quantitative estimate of drug-likeness (QED) is 0.212. The molecular formula is C35H48O7. The van der Waals surface area contributed by atoms with E-state index in [-0.39, 0.29) is 58.3 Å². The van der Waals surface area contributed by atoms with E-state index in [4.69, 9.17) is 4.74 Å². The normalized spacial score (nSPS) is 39.2. The Kier molecular flexibility index (Phi) is 8.30. The van der Waals surface area contributed by atoms with Crippen molar-refractivity contribution < 1.29 is 33.5 Å². The van der Waals surface area contributed by atoms with E-state index >= 15 is 0 Å². The number of fused-ring (bicyclic) bond motifs is 2. The molecule has 2 spiro atoms. The van der Waals surface area contributed by atoms with Crippen molar-refractivity contribution >= 4 is 34.9 Å². The van der Waals surface area contributed by atoms with Gasteiger partial charge in [0, 0.05) is 50.4 Å². The average molecular weight is 581 g/mol. The Morgan fingerprint density at radius 3 is 2.40 bits per heavy atom. The molecule has 0 bridgehead atoms. The SMILES string of the molecule is CC(=O)CCC(=O)CCCC(C)C(=O)C(=O)C(C)C1C(OC(C)=O)CC2C3CCC4CC(=O)C=CC45CC35CCC21C. The fraction of sp³-hybridized carbons (Fsp3) is 0.771. The third-order valence-electron chi connectivity index (χ3n) is 12.6. The van der Waals surface area contributed by atoms with Gasteiger partial charge in [0.15, 0.2) is 5.78 Å². The van der Waals surface area contributed by atoms with Crippen LogP contribution in [0.25, 0.3) is 0 Å². The molecule has 0 aromatic heterocycles. The number of hydrogen-bond donors (Lipinski definition) is 0. The van der Waals surface area contributed by atoms with E-state index in [1.54, 1.807) is 6.92 Å². The predicted molar refractivity (Wildman–Crippen MR) is 156 cm³/mol. The lowest BCUT2D eigenvalue weighted by Gasteiger charge is -2.54. The molecule has 0 heterocycles. The summed E-state index contributed by atoms with van der Waals surface area (Å²) in [5.41, 5.74) is 0.107. The molecule has 0 N–H and O–H groups in total. The summed E-state index contributed by atoms with van der Waals surface area (Å²) in [5.74, 6) is -0.995. The Hall–Kier alpha value is -2.44. The van der Waals surface area contributed by atoms with Crippen molar-refractivity contribution in [3.63, 3.8) is 0 Å². The summed E-state index contributed by atoms with van der Waals surface area (Å²) in [6, 6.07) is 0. The van der Waals surface area contributed by atoms with Gasteiger partial charge in [-0.3, -0.25) is 24.0 Å². The van der Waals surface area contributed by atoms with Gasteiger partial charge in [-0.05, 0) is 98.4 Å². The van der Waals surface area contributed by atoms with E-state index in [1.807, 2.05) is 13.0 Å². The lowest BCUT2D eigenvalue weighted by molar-refractivity contribution is -0.154. The highest BCUT2D eigenvalue weighted by Crippen LogP contribution is 2.84. The summed E-state index contributed by atoms with van der Waals surface area (Å²) in [6.07, 6.45) is 12.0. The number of esters is 1. The second kappa shape index (κ2) is 11.2. The molecule has 0 aromatic rings. The standard InChI is InChI=1S/C35H48O7/c1-20(7-6-8-25(38)11-9-21(2)36)31(40)32(41)22(3)30-29(42-23(4)37)18-28-27-12-10-24-17-26(39)13-14-34(24)19-35(27,34)16-15-33(28,30)5/h13-14,20,22,24,27-30H,6-12,15-19H2,1-5H3. The van der Waals surface area contributed by atoms with Crippen molar-refractivity contribution in [1.82, 2.24) is 0 Å². The van der Waals surface area contributed by atoms with Crippen LogP contribution >= 0.6 is 0 Å². The summed E-state index contributed by atoms with van der Waals surface area (Å²) in [5, 5.41) is 0. The second-order valence-corrected chi connectivity index (χ2v) is 14.8. The van der Waals surface area contributed by atoms with Crippen LogP contribution in [0.4, 0.5) is 0 Å². The average Bonchev–Trinajstić information content (AvgIpc) is 3.51. The van der Waals surface area contributed by atoms with Crippen molar-refractivity contribution in [3.05, 3.63) is 12.2 Å². The molecule has 4 saturated carbocycles. The van der Waals surface area contributed by atoms with E-state index < -0.39 is 29.5 Å². The van der Waals surface area contributed by atoms with Gasteiger partial charge >= 0.3 is 5.97 Å². The Morgan fingerprint density at radius 2 is 1.71 bits per heavy atom. The molecule has 5 aliphatic rings. The molecule has 7 nitrogen and oxygen atoms in total. The second-order valence-electron chi connectivity index (χ2n) is 14.8. The maximum absolute atomic E-state index is 13.7. The fourth-order valence-electron chi connectivity index (χ4n) is 10.6. The van der Waals surface area contributed by atoms with Gasteiger partial charge in [-0.15, -0.1) is 0 Å². The smallest absolute Gasteiger partial charge is 0.302 e. The van der Waals surface area contributed by atoms with Gasteiger partial charge in [0.1, 0.15) is 17.7 Å². The third-order valence-corrected chi connectivity index (χ3v) is 12.6. The van der Waals surface area contributed by atoms with Gasteiger partial charge in [0.25, 0.3) is 0 Å². The Balaban J connectivity index is 1.29. The van der Waals surface area contributed by atoms with Gasteiger partial charge < -0.3 is 9.53 Å². The fourth-order valence-corrected chi connectivity index (χ4v) is 10.6. The van der Waals surface area contributed by atoms with Gasteiger partial charge in [-0.25, -0.2) is 0 Å². The van der Waals surface area contributed by atoms with E-state index in [0.29, 0.717) is 43.4 Å². The molecule has 0 amide bonds. The Labute approximate surface area is 250 Å². The first-order chi connectivity index (χ1) is 19.8. The number of Topliss-reactive ketones (excluding diaryl/α,β-unsaturated/α-hetero) is 4. The third kappa shape index (κ3) is 5.06. The van der Waals surface area contributed by atoms with Gasteiger partial charge in [-0.1, -0.05) is 26.8 Å². The van der Waals surface area contributed by atoms with Crippen LogP contribution in [0.3, 0.4) is 0 Å². The zero-order valence-corrected chi connectivity index (χ0v) is 26.0. The highest BCUT2D eigenvalue weighted by Gasteiger charge is 2.78. The first-order valence-electron chi connectivity index (χ1n) is 16.2. The minimum absolute atomic E-state index is 0.00977. The summed E-state index contributed by atoms with van der Waals surface area (Å²) in [4.78, 5) is 74.8. The van der Waals surface area contributed by atoms with Crippen molar-refractivity contribution in [3.8, 4) is 0 Å². The van der Waals surface area contributed by atoms with Crippen LogP contribution in [0.15, 0.2) is 12.2 Å². The number of ether oxygens (including phenoxy) is 1. The van der Waals surface area contributed by atoms with Crippen molar-refractivity contribution in [1.29, 1.82) is 0 Å². The molecule has 0 saturated heterocycles. The molecule has 42 heavy (non-hydrogen) atoms. The summed E-state index contributed by atoms with van der Waals surface area (Å²) >= 11 is 0.